The number of pyridine rings is 1. The van der Waals surface area contributed by atoms with Crippen LogP contribution in [0, 0.1) is 11.3 Å². The Labute approximate surface area is 123 Å². The van der Waals surface area contributed by atoms with E-state index >= 15 is 0 Å². The van der Waals surface area contributed by atoms with Gasteiger partial charge in [0, 0.05) is 24.9 Å². The van der Waals surface area contributed by atoms with Gasteiger partial charge < -0.3 is 4.57 Å². The summed E-state index contributed by atoms with van der Waals surface area (Å²) in [6.45, 7) is 4.30. The molecule has 1 aromatic carbocycles. The number of hydrogen-bond donors (Lipinski definition) is 0. The molecule has 0 unspecified atom stereocenters. The first-order valence-electron chi connectivity index (χ1n) is 6.99. The van der Waals surface area contributed by atoms with Gasteiger partial charge in [0.1, 0.15) is 5.82 Å². The highest BCUT2D eigenvalue weighted by Gasteiger charge is 2.14. The van der Waals surface area contributed by atoms with Gasteiger partial charge in [-0.05, 0) is 49.7 Å². The molecule has 3 rings (SSSR count). The number of nitriles is 1. The molecule has 0 fully saturated rings. The van der Waals surface area contributed by atoms with Crippen LogP contribution in [0.25, 0.3) is 11.0 Å². The third kappa shape index (κ3) is 2.50. The molecule has 0 radical (unpaired) electrons. The normalized spacial score (nSPS) is 11.0. The number of nitrogens with zero attached hydrogens (tertiary/aromatic N) is 4. The Hall–Kier alpha value is -2.67. The number of hydrogen-bond acceptors (Lipinski definition) is 3. The lowest BCUT2D eigenvalue weighted by Crippen LogP contribution is -2.07. The van der Waals surface area contributed by atoms with E-state index < -0.39 is 0 Å². The quantitative estimate of drug-likeness (QED) is 0.736. The van der Waals surface area contributed by atoms with E-state index in [-0.39, 0.29) is 0 Å². The van der Waals surface area contributed by atoms with Crippen molar-refractivity contribution in [1.82, 2.24) is 14.5 Å². The van der Waals surface area contributed by atoms with Crippen molar-refractivity contribution in [3.8, 4) is 6.07 Å². The van der Waals surface area contributed by atoms with Gasteiger partial charge in [-0.2, -0.15) is 5.26 Å². The molecule has 4 nitrogen and oxygen atoms in total. The minimum absolute atomic E-state index is 0.319. The summed E-state index contributed by atoms with van der Waals surface area (Å²) >= 11 is 0. The fraction of sp³-hybridized carbons (Fsp3) is 0.235. The average molecular weight is 276 g/mol. The van der Waals surface area contributed by atoms with Crippen LogP contribution < -0.4 is 0 Å². The van der Waals surface area contributed by atoms with Crippen LogP contribution in [0.15, 0.2) is 42.7 Å². The van der Waals surface area contributed by atoms with Gasteiger partial charge in [-0.3, -0.25) is 4.98 Å². The first kappa shape index (κ1) is 13.3. The minimum Gasteiger partial charge on any atom is -0.325 e. The largest absolute Gasteiger partial charge is 0.325 e. The lowest BCUT2D eigenvalue weighted by Gasteiger charge is -2.13. The van der Waals surface area contributed by atoms with E-state index in [1.54, 1.807) is 12.4 Å². The van der Waals surface area contributed by atoms with E-state index in [4.69, 9.17) is 10.2 Å². The maximum Gasteiger partial charge on any atom is 0.114 e. The van der Waals surface area contributed by atoms with Gasteiger partial charge in [-0.25, -0.2) is 4.98 Å². The summed E-state index contributed by atoms with van der Waals surface area (Å²) in [6.07, 6.45) is 4.36. The molecule has 0 aliphatic rings. The molecule has 0 aliphatic heterocycles. The van der Waals surface area contributed by atoms with Crippen LogP contribution in [0.1, 0.15) is 36.8 Å². The van der Waals surface area contributed by atoms with Crippen LogP contribution in [0.4, 0.5) is 0 Å². The molecule has 0 saturated carbocycles. The Morgan fingerprint density at radius 1 is 1.19 bits per heavy atom. The maximum atomic E-state index is 9.03. The molecule has 0 amide bonds. The number of benzene rings is 1. The lowest BCUT2D eigenvalue weighted by molar-refractivity contribution is 0.591. The number of imidazole rings is 1. The SMILES string of the molecule is CC(C)n1c(Cc2ccncc2)nc2cc(C#N)ccc21. The fourth-order valence-corrected chi connectivity index (χ4v) is 2.60. The minimum atomic E-state index is 0.319. The van der Waals surface area contributed by atoms with Crippen molar-refractivity contribution in [3.05, 3.63) is 59.7 Å². The summed E-state index contributed by atoms with van der Waals surface area (Å²) in [5.74, 6) is 1.02. The van der Waals surface area contributed by atoms with Crippen LogP contribution in [0.3, 0.4) is 0 Å². The van der Waals surface area contributed by atoms with Gasteiger partial charge in [0.05, 0.1) is 22.7 Å². The van der Waals surface area contributed by atoms with E-state index in [0.717, 1.165) is 23.3 Å². The third-order valence-electron chi connectivity index (χ3n) is 3.52. The molecular weight excluding hydrogens is 260 g/mol. The standard InChI is InChI=1S/C17H16N4/c1-12(2)21-16-4-3-14(11-18)9-15(16)20-17(21)10-13-5-7-19-8-6-13/h3-9,12H,10H2,1-2H3. The zero-order chi connectivity index (χ0) is 14.8. The van der Waals surface area contributed by atoms with Crippen molar-refractivity contribution in [2.45, 2.75) is 26.3 Å². The first-order chi connectivity index (χ1) is 10.2. The van der Waals surface area contributed by atoms with Crippen molar-refractivity contribution in [2.24, 2.45) is 0 Å². The second kappa shape index (κ2) is 5.37. The molecule has 0 aliphatic carbocycles. The Morgan fingerprint density at radius 2 is 1.95 bits per heavy atom. The predicted octanol–water partition coefficient (Wildman–Crippen LogP) is 3.47. The Kier molecular flexibility index (Phi) is 3.41. The molecule has 104 valence electrons. The molecule has 21 heavy (non-hydrogen) atoms. The molecule has 3 aromatic rings. The first-order valence-corrected chi connectivity index (χ1v) is 6.99. The zero-order valence-corrected chi connectivity index (χ0v) is 12.1. The maximum absolute atomic E-state index is 9.03. The van der Waals surface area contributed by atoms with Crippen molar-refractivity contribution in [2.75, 3.05) is 0 Å². The summed E-state index contributed by atoms with van der Waals surface area (Å²) in [7, 11) is 0. The van der Waals surface area contributed by atoms with Crippen LogP contribution in [-0.2, 0) is 6.42 Å². The lowest BCUT2D eigenvalue weighted by atomic mass is 10.2. The Bertz CT molecular complexity index is 810. The molecule has 0 N–H and O–H groups in total. The summed E-state index contributed by atoms with van der Waals surface area (Å²) < 4.78 is 2.23. The van der Waals surface area contributed by atoms with Gasteiger partial charge in [-0.15, -0.1) is 0 Å². The molecule has 0 bridgehead atoms. The van der Waals surface area contributed by atoms with Crippen molar-refractivity contribution in [3.63, 3.8) is 0 Å². The highest BCUT2D eigenvalue weighted by molar-refractivity contribution is 5.78. The van der Waals surface area contributed by atoms with Crippen molar-refractivity contribution in [1.29, 1.82) is 5.26 Å². The van der Waals surface area contributed by atoms with Gasteiger partial charge in [-0.1, -0.05) is 0 Å². The van der Waals surface area contributed by atoms with Crippen molar-refractivity contribution >= 4 is 11.0 Å². The summed E-state index contributed by atoms with van der Waals surface area (Å²) in [6, 6.07) is 12.2. The van der Waals surface area contributed by atoms with Crippen LogP contribution in [0.5, 0.6) is 0 Å². The topological polar surface area (TPSA) is 54.5 Å². The summed E-state index contributed by atoms with van der Waals surface area (Å²) in [5.41, 5.74) is 3.79. The van der Waals surface area contributed by atoms with Crippen LogP contribution >= 0.6 is 0 Å². The number of rotatable bonds is 3. The monoisotopic (exact) mass is 276 g/mol. The van der Waals surface area contributed by atoms with E-state index in [9.17, 15) is 0 Å². The molecule has 0 spiro atoms. The summed E-state index contributed by atoms with van der Waals surface area (Å²) in [4.78, 5) is 8.78. The molecular formula is C17H16N4. The second-order valence-electron chi connectivity index (χ2n) is 5.34. The van der Waals surface area contributed by atoms with Gasteiger partial charge in [0.25, 0.3) is 0 Å². The van der Waals surface area contributed by atoms with Crippen LogP contribution in [-0.4, -0.2) is 14.5 Å². The highest BCUT2D eigenvalue weighted by Crippen LogP contribution is 2.23. The van der Waals surface area contributed by atoms with E-state index in [0.29, 0.717) is 11.6 Å². The number of aromatic nitrogens is 3. The zero-order valence-electron chi connectivity index (χ0n) is 12.1. The fourth-order valence-electron chi connectivity index (χ4n) is 2.60. The third-order valence-corrected chi connectivity index (χ3v) is 3.52. The summed E-state index contributed by atoms with van der Waals surface area (Å²) in [5, 5.41) is 9.03. The van der Waals surface area contributed by atoms with Gasteiger partial charge in [0.15, 0.2) is 0 Å². The van der Waals surface area contributed by atoms with Gasteiger partial charge in [0.2, 0.25) is 0 Å². The predicted molar refractivity (Wildman–Crippen MR) is 81.9 cm³/mol. The molecule has 2 heterocycles. The molecule has 0 atom stereocenters. The van der Waals surface area contributed by atoms with E-state index in [1.165, 1.54) is 5.56 Å². The second-order valence-corrected chi connectivity index (χ2v) is 5.34. The number of fused-ring (bicyclic) bond motifs is 1. The Morgan fingerprint density at radius 3 is 2.62 bits per heavy atom. The van der Waals surface area contributed by atoms with Crippen molar-refractivity contribution < 1.29 is 0 Å². The average Bonchev–Trinajstić information content (AvgIpc) is 2.85. The molecule has 2 aromatic heterocycles. The Balaban J connectivity index is 2.13. The highest BCUT2D eigenvalue weighted by atomic mass is 15.1. The van der Waals surface area contributed by atoms with E-state index in [2.05, 4.69) is 29.5 Å². The smallest absolute Gasteiger partial charge is 0.114 e. The van der Waals surface area contributed by atoms with E-state index in [1.807, 2.05) is 30.3 Å². The van der Waals surface area contributed by atoms with Crippen LogP contribution in [0.2, 0.25) is 0 Å². The van der Waals surface area contributed by atoms with Gasteiger partial charge >= 0.3 is 0 Å². The molecule has 0 saturated heterocycles. The molecule has 4 heteroatoms.